The van der Waals surface area contributed by atoms with Crippen molar-refractivity contribution >= 4 is 5.78 Å². The quantitative estimate of drug-likeness (QED) is 0.442. The molecule has 0 radical (unpaired) electrons. The Kier molecular flexibility index (Phi) is 7.98. The number of hydrogen-bond donors (Lipinski definition) is 2. The predicted octanol–water partition coefficient (Wildman–Crippen LogP) is 4.49. The number of nitrogens with zero attached hydrogens (tertiary/aromatic N) is 2. The number of benzene rings is 2. The highest BCUT2D eigenvalue weighted by atomic mass is 16.5. The number of aliphatic hydroxyl groups excluding tert-OH is 2. The molecule has 0 amide bonds. The lowest BCUT2D eigenvalue weighted by Crippen LogP contribution is -2.38. The van der Waals surface area contributed by atoms with Gasteiger partial charge in [-0.25, -0.2) is 0 Å². The molecule has 1 aliphatic carbocycles. The van der Waals surface area contributed by atoms with Crippen LogP contribution in [0, 0.1) is 13.8 Å². The highest BCUT2D eigenvalue weighted by Crippen LogP contribution is 2.41. The Hall–Kier alpha value is -3.03. The number of carbonyl (C=O) groups excluding carboxylic acids is 1. The maximum Gasteiger partial charge on any atom is 0.226 e. The van der Waals surface area contributed by atoms with Gasteiger partial charge in [-0.15, -0.1) is 0 Å². The number of carbonyl (C=O) groups is 1. The summed E-state index contributed by atoms with van der Waals surface area (Å²) in [5, 5.41) is 22.7. The van der Waals surface area contributed by atoms with E-state index >= 15 is 0 Å². The van der Waals surface area contributed by atoms with E-state index in [0.29, 0.717) is 36.1 Å². The molecule has 3 aromatic rings. The Labute approximate surface area is 206 Å². The molecule has 2 atom stereocenters. The molecule has 2 unspecified atom stereocenters. The zero-order valence-electron chi connectivity index (χ0n) is 20.5. The number of Topliss-reactive ketones (excluding diaryl/α,β-unsaturated/α-hetero) is 1. The van der Waals surface area contributed by atoms with Gasteiger partial charge in [0.2, 0.25) is 11.7 Å². The molecule has 1 fully saturated rings. The zero-order chi connectivity index (χ0) is 24.8. The van der Waals surface area contributed by atoms with Crippen molar-refractivity contribution in [2.24, 2.45) is 0 Å². The normalized spacial score (nSPS) is 19.0. The standard InChI is InChI=1S/C28H34N2O5/c1-19-15-21(16-20(2)26(19)34-18-23(32)17-31)27-29-25(35-30-27)12-8-14-28(13-7-6-11-24(28)33)22-9-4-3-5-10-22/h3-5,9-10,15-16,23,31-32H,6-8,11-14,17-18H2,1-2H3. The number of ketones is 1. The smallest absolute Gasteiger partial charge is 0.226 e. The van der Waals surface area contributed by atoms with Crippen molar-refractivity contribution in [3.63, 3.8) is 0 Å². The largest absolute Gasteiger partial charge is 0.490 e. The van der Waals surface area contributed by atoms with Gasteiger partial charge in [-0.2, -0.15) is 4.98 Å². The molecule has 7 heteroatoms. The molecule has 0 aliphatic heterocycles. The fourth-order valence-electron chi connectivity index (χ4n) is 5.12. The van der Waals surface area contributed by atoms with Crippen LogP contribution in [0.5, 0.6) is 5.75 Å². The van der Waals surface area contributed by atoms with Crippen LogP contribution in [-0.2, 0) is 16.6 Å². The third-order valence-electron chi connectivity index (χ3n) is 6.93. The first kappa shape index (κ1) is 25.1. The fourth-order valence-corrected chi connectivity index (χ4v) is 5.12. The summed E-state index contributed by atoms with van der Waals surface area (Å²) in [6.45, 7) is 3.52. The molecule has 1 saturated carbocycles. The SMILES string of the molecule is Cc1cc(-c2noc(CCCC3(c4ccccc4)CCCCC3=O)n2)cc(C)c1OCC(O)CO. The van der Waals surface area contributed by atoms with Crippen molar-refractivity contribution in [3.05, 3.63) is 65.0 Å². The van der Waals surface area contributed by atoms with Crippen LogP contribution in [0.3, 0.4) is 0 Å². The van der Waals surface area contributed by atoms with Crippen LogP contribution >= 0.6 is 0 Å². The number of hydrogen-bond acceptors (Lipinski definition) is 7. The minimum absolute atomic E-state index is 0.0247. The van der Waals surface area contributed by atoms with Gasteiger partial charge >= 0.3 is 0 Å². The van der Waals surface area contributed by atoms with Gasteiger partial charge in [-0.3, -0.25) is 4.79 Å². The van der Waals surface area contributed by atoms with Gasteiger partial charge in [0.15, 0.2) is 0 Å². The summed E-state index contributed by atoms with van der Waals surface area (Å²) in [6.07, 6.45) is 4.86. The molecular formula is C28H34N2O5. The lowest BCUT2D eigenvalue weighted by Gasteiger charge is -2.36. The molecule has 0 saturated heterocycles. The molecule has 7 nitrogen and oxygen atoms in total. The van der Waals surface area contributed by atoms with Crippen molar-refractivity contribution in [2.75, 3.05) is 13.2 Å². The number of ether oxygens (including phenoxy) is 1. The second kappa shape index (κ2) is 11.1. The summed E-state index contributed by atoms with van der Waals surface area (Å²) < 4.78 is 11.2. The minimum Gasteiger partial charge on any atom is -0.490 e. The van der Waals surface area contributed by atoms with Gasteiger partial charge in [0, 0.05) is 18.4 Å². The Morgan fingerprint density at radius 1 is 1.14 bits per heavy atom. The van der Waals surface area contributed by atoms with E-state index in [4.69, 9.17) is 14.4 Å². The number of aromatic nitrogens is 2. The Bertz CT molecular complexity index is 1120. The van der Waals surface area contributed by atoms with E-state index < -0.39 is 11.5 Å². The van der Waals surface area contributed by atoms with Crippen molar-refractivity contribution in [2.45, 2.75) is 70.3 Å². The average Bonchev–Trinajstić information content (AvgIpc) is 3.34. The van der Waals surface area contributed by atoms with E-state index in [2.05, 4.69) is 22.3 Å². The minimum atomic E-state index is -0.918. The van der Waals surface area contributed by atoms with Gasteiger partial charge in [-0.05, 0) is 68.4 Å². The highest BCUT2D eigenvalue weighted by Gasteiger charge is 2.40. The lowest BCUT2D eigenvalue weighted by atomic mass is 9.66. The van der Waals surface area contributed by atoms with E-state index in [9.17, 15) is 9.90 Å². The monoisotopic (exact) mass is 478 g/mol. The zero-order valence-corrected chi connectivity index (χ0v) is 20.5. The van der Waals surface area contributed by atoms with Crippen LogP contribution in [0.2, 0.25) is 0 Å². The molecule has 0 bridgehead atoms. The molecular weight excluding hydrogens is 444 g/mol. The summed E-state index contributed by atoms with van der Waals surface area (Å²) >= 11 is 0. The number of aliphatic hydroxyl groups is 2. The van der Waals surface area contributed by atoms with Crippen molar-refractivity contribution in [3.8, 4) is 17.1 Å². The first-order chi connectivity index (χ1) is 16.9. The summed E-state index contributed by atoms with van der Waals surface area (Å²) in [5.74, 6) is 2.10. The van der Waals surface area contributed by atoms with E-state index in [-0.39, 0.29) is 13.2 Å². The van der Waals surface area contributed by atoms with E-state index in [1.165, 1.54) is 0 Å². The molecule has 2 N–H and O–H groups in total. The van der Waals surface area contributed by atoms with Gasteiger partial charge in [0.1, 0.15) is 24.2 Å². The summed E-state index contributed by atoms with van der Waals surface area (Å²) in [6, 6.07) is 14.0. The van der Waals surface area contributed by atoms with Gasteiger partial charge < -0.3 is 19.5 Å². The molecule has 186 valence electrons. The van der Waals surface area contributed by atoms with Crippen LogP contribution < -0.4 is 4.74 Å². The van der Waals surface area contributed by atoms with E-state index in [1.54, 1.807) is 0 Å². The third kappa shape index (κ3) is 5.63. The molecule has 4 rings (SSSR count). The van der Waals surface area contributed by atoms with Crippen LogP contribution in [0.1, 0.15) is 61.1 Å². The topological polar surface area (TPSA) is 106 Å². The average molecular weight is 479 g/mol. The molecule has 1 heterocycles. The van der Waals surface area contributed by atoms with Gasteiger partial charge in [0.05, 0.1) is 12.0 Å². The van der Waals surface area contributed by atoms with Gasteiger partial charge in [-0.1, -0.05) is 41.9 Å². The second-order valence-corrected chi connectivity index (χ2v) is 9.53. The van der Waals surface area contributed by atoms with Crippen molar-refractivity contribution < 1.29 is 24.3 Å². The van der Waals surface area contributed by atoms with E-state index in [0.717, 1.165) is 54.4 Å². The highest BCUT2D eigenvalue weighted by molar-refractivity contribution is 5.90. The van der Waals surface area contributed by atoms with Crippen LogP contribution in [0.4, 0.5) is 0 Å². The molecule has 35 heavy (non-hydrogen) atoms. The summed E-state index contributed by atoms with van der Waals surface area (Å²) in [4.78, 5) is 17.7. The molecule has 2 aromatic carbocycles. The second-order valence-electron chi connectivity index (χ2n) is 9.53. The molecule has 1 aromatic heterocycles. The first-order valence-corrected chi connectivity index (χ1v) is 12.4. The number of aryl methyl sites for hydroxylation is 3. The number of rotatable bonds is 10. The Balaban J connectivity index is 1.43. The first-order valence-electron chi connectivity index (χ1n) is 12.4. The Morgan fingerprint density at radius 2 is 1.89 bits per heavy atom. The lowest BCUT2D eigenvalue weighted by molar-refractivity contribution is -0.127. The summed E-state index contributed by atoms with van der Waals surface area (Å²) in [7, 11) is 0. The van der Waals surface area contributed by atoms with Crippen LogP contribution in [0.15, 0.2) is 47.0 Å². The van der Waals surface area contributed by atoms with Crippen molar-refractivity contribution in [1.29, 1.82) is 0 Å². The molecule has 1 aliphatic rings. The van der Waals surface area contributed by atoms with Crippen LogP contribution in [-0.4, -0.2) is 45.5 Å². The maximum absolute atomic E-state index is 13.1. The van der Waals surface area contributed by atoms with E-state index in [1.807, 2.05) is 44.2 Å². The summed E-state index contributed by atoms with van der Waals surface area (Å²) in [5.41, 5.74) is 3.31. The van der Waals surface area contributed by atoms with Gasteiger partial charge in [0.25, 0.3) is 0 Å². The fraction of sp³-hybridized carbons (Fsp3) is 0.464. The Morgan fingerprint density at radius 3 is 2.57 bits per heavy atom. The third-order valence-corrected chi connectivity index (χ3v) is 6.93. The van der Waals surface area contributed by atoms with Crippen LogP contribution in [0.25, 0.3) is 11.4 Å². The molecule has 0 spiro atoms. The maximum atomic E-state index is 13.1. The van der Waals surface area contributed by atoms with Crippen molar-refractivity contribution in [1.82, 2.24) is 10.1 Å². The predicted molar refractivity (Wildman–Crippen MR) is 132 cm³/mol.